The van der Waals surface area contributed by atoms with E-state index in [1.165, 1.54) is 0 Å². The van der Waals surface area contributed by atoms with Crippen LogP contribution in [0.3, 0.4) is 0 Å². The Morgan fingerprint density at radius 3 is 2.38 bits per heavy atom. The van der Waals surface area contributed by atoms with Crippen LogP contribution in [0.4, 0.5) is 0 Å². The van der Waals surface area contributed by atoms with Crippen molar-refractivity contribution in [2.24, 2.45) is 5.11 Å². The minimum Gasteiger partial charge on any atom is -0.0870 e. The van der Waals surface area contributed by atoms with E-state index in [0.29, 0.717) is 0 Å². The maximum absolute atomic E-state index is 7.99. The quantitative estimate of drug-likeness (QED) is 0.228. The molecule has 0 saturated carbocycles. The third kappa shape index (κ3) is 3.10. The summed E-state index contributed by atoms with van der Waals surface area (Å²) >= 11 is 2.19. The lowest BCUT2D eigenvalue weighted by atomic mass is 10.1. The average Bonchev–Trinajstić information content (AvgIpc) is 1.67. The van der Waals surface area contributed by atoms with E-state index in [1.807, 2.05) is 13.8 Å². The predicted octanol–water partition coefficient (Wildman–Crippen LogP) is 2.51. The molecule has 0 unspecified atom stereocenters. The van der Waals surface area contributed by atoms with Gasteiger partial charge in [-0.15, -0.1) is 0 Å². The van der Waals surface area contributed by atoms with Crippen LogP contribution in [-0.2, 0) is 0 Å². The highest BCUT2D eigenvalue weighted by Crippen LogP contribution is 2.11. The topological polar surface area (TPSA) is 48.8 Å². The average molecular weight is 225 g/mol. The fourth-order valence-corrected chi connectivity index (χ4v) is 0.300. The van der Waals surface area contributed by atoms with Crippen LogP contribution in [0.25, 0.3) is 10.4 Å². The van der Waals surface area contributed by atoms with Gasteiger partial charge in [0.05, 0.1) is 5.54 Å². The molecule has 0 radical (unpaired) electrons. The first kappa shape index (κ1) is 8.04. The highest BCUT2D eigenvalue weighted by molar-refractivity contribution is 14.1. The molecule has 0 heterocycles. The Bertz CT molecular complexity index is 114. The van der Waals surface area contributed by atoms with Crippen molar-refractivity contribution in [2.45, 2.75) is 19.4 Å². The second kappa shape index (κ2) is 3.14. The molecule has 3 nitrogen and oxygen atoms in total. The van der Waals surface area contributed by atoms with Gasteiger partial charge in [-0.2, -0.15) is 0 Å². The van der Waals surface area contributed by atoms with E-state index in [-0.39, 0.29) is 5.54 Å². The van der Waals surface area contributed by atoms with Gasteiger partial charge < -0.3 is 0 Å². The lowest BCUT2D eigenvalue weighted by Gasteiger charge is -2.11. The van der Waals surface area contributed by atoms with Crippen LogP contribution in [0.1, 0.15) is 13.8 Å². The van der Waals surface area contributed by atoms with Crippen LogP contribution in [0.5, 0.6) is 0 Å². The SMILES string of the molecule is CC(C)(CI)N=[N+]=[N-]. The van der Waals surface area contributed by atoms with Gasteiger partial charge in [-0.05, 0) is 5.53 Å². The van der Waals surface area contributed by atoms with Crippen LogP contribution < -0.4 is 0 Å². The Morgan fingerprint density at radius 1 is 1.75 bits per heavy atom. The molecule has 0 fully saturated rings. The van der Waals surface area contributed by atoms with E-state index < -0.39 is 0 Å². The van der Waals surface area contributed by atoms with Crippen molar-refractivity contribution in [2.75, 3.05) is 4.43 Å². The summed E-state index contributed by atoms with van der Waals surface area (Å²) in [4.78, 5) is 2.70. The molecule has 0 rings (SSSR count). The van der Waals surface area contributed by atoms with E-state index in [1.54, 1.807) is 0 Å². The van der Waals surface area contributed by atoms with Crippen molar-refractivity contribution in [3.05, 3.63) is 10.4 Å². The van der Waals surface area contributed by atoms with Crippen LogP contribution in [0.15, 0.2) is 5.11 Å². The van der Waals surface area contributed by atoms with E-state index in [9.17, 15) is 0 Å². The van der Waals surface area contributed by atoms with Gasteiger partial charge >= 0.3 is 0 Å². The molecule has 0 atom stereocenters. The zero-order valence-corrected chi connectivity index (χ0v) is 7.08. The van der Waals surface area contributed by atoms with Crippen molar-refractivity contribution >= 4 is 22.6 Å². The molecule has 0 N–H and O–H groups in total. The van der Waals surface area contributed by atoms with Crippen LogP contribution >= 0.6 is 22.6 Å². The maximum atomic E-state index is 7.99. The first-order valence-corrected chi connectivity index (χ1v) is 3.77. The summed E-state index contributed by atoms with van der Waals surface area (Å²) < 4.78 is 0.856. The summed E-state index contributed by atoms with van der Waals surface area (Å²) in [5.74, 6) is 0. The Hall–Kier alpha value is 0.0400. The van der Waals surface area contributed by atoms with Crippen LogP contribution in [0, 0.1) is 0 Å². The highest BCUT2D eigenvalue weighted by atomic mass is 127. The van der Waals surface area contributed by atoms with Gasteiger partial charge in [-0.1, -0.05) is 41.6 Å². The third-order valence-corrected chi connectivity index (χ3v) is 2.51. The normalized spacial score (nSPS) is 10.4. The Morgan fingerprint density at radius 2 is 2.25 bits per heavy atom. The van der Waals surface area contributed by atoms with Crippen LogP contribution in [0.2, 0.25) is 0 Å². The molecular formula is C4H8IN3. The Balaban J connectivity index is 3.90. The van der Waals surface area contributed by atoms with E-state index in [2.05, 4.69) is 32.6 Å². The van der Waals surface area contributed by atoms with Gasteiger partial charge in [0.25, 0.3) is 0 Å². The van der Waals surface area contributed by atoms with Gasteiger partial charge in [0.1, 0.15) is 0 Å². The largest absolute Gasteiger partial charge is 0.0870 e. The van der Waals surface area contributed by atoms with Gasteiger partial charge in [0, 0.05) is 9.34 Å². The number of hydrogen-bond donors (Lipinski definition) is 0. The van der Waals surface area contributed by atoms with Crippen LogP contribution in [-0.4, -0.2) is 9.97 Å². The van der Waals surface area contributed by atoms with Crippen molar-refractivity contribution in [1.29, 1.82) is 0 Å². The fourth-order valence-electron chi connectivity index (χ4n) is 0.148. The first-order valence-electron chi connectivity index (χ1n) is 2.24. The molecule has 0 aromatic heterocycles. The summed E-state index contributed by atoms with van der Waals surface area (Å²) in [5.41, 5.74) is 7.78. The van der Waals surface area contributed by atoms with Gasteiger partial charge in [-0.25, -0.2) is 0 Å². The molecular weight excluding hydrogens is 217 g/mol. The Labute approximate surface area is 62.2 Å². The number of halogens is 1. The molecule has 0 aliphatic heterocycles. The van der Waals surface area contributed by atoms with Crippen molar-refractivity contribution in [3.8, 4) is 0 Å². The summed E-state index contributed by atoms with van der Waals surface area (Å²) in [7, 11) is 0. The molecule has 0 saturated heterocycles. The summed E-state index contributed by atoms with van der Waals surface area (Å²) in [6.07, 6.45) is 0. The molecule has 0 aliphatic rings. The number of alkyl halides is 1. The van der Waals surface area contributed by atoms with E-state index in [4.69, 9.17) is 5.53 Å². The predicted molar refractivity (Wildman–Crippen MR) is 42.1 cm³/mol. The molecule has 46 valence electrons. The molecule has 0 bridgehead atoms. The monoisotopic (exact) mass is 225 g/mol. The fraction of sp³-hybridized carbons (Fsp3) is 1.00. The zero-order chi connectivity index (χ0) is 6.62. The number of rotatable bonds is 2. The minimum atomic E-state index is -0.213. The summed E-state index contributed by atoms with van der Waals surface area (Å²) in [6, 6.07) is 0. The molecule has 4 heteroatoms. The van der Waals surface area contributed by atoms with Crippen molar-refractivity contribution in [3.63, 3.8) is 0 Å². The maximum Gasteiger partial charge on any atom is 0.0521 e. The molecule has 0 aromatic rings. The molecule has 0 amide bonds. The minimum absolute atomic E-state index is 0.213. The lowest BCUT2D eigenvalue weighted by molar-refractivity contribution is 0.596. The van der Waals surface area contributed by atoms with Gasteiger partial charge in [-0.3, -0.25) is 0 Å². The highest BCUT2D eigenvalue weighted by Gasteiger charge is 2.11. The number of nitrogens with zero attached hydrogens (tertiary/aromatic N) is 3. The number of azide groups is 1. The zero-order valence-electron chi connectivity index (χ0n) is 4.93. The van der Waals surface area contributed by atoms with E-state index >= 15 is 0 Å². The second-order valence-corrected chi connectivity index (χ2v) is 2.90. The van der Waals surface area contributed by atoms with Gasteiger partial charge in [0.15, 0.2) is 0 Å². The molecule has 0 aromatic carbocycles. The standard InChI is InChI=1S/C4H8IN3/c1-4(2,3-5)7-8-6/h3H2,1-2H3. The van der Waals surface area contributed by atoms with Gasteiger partial charge in [0.2, 0.25) is 0 Å². The molecule has 0 spiro atoms. The Kier molecular flexibility index (Phi) is 3.16. The van der Waals surface area contributed by atoms with Crippen molar-refractivity contribution in [1.82, 2.24) is 0 Å². The second-order valence-electron chi connectivity index (χ2n) is 2.14. The smallest absolute Gasteiger partial charge is 0.0521 e. The number of hydrogen-bond acceptors (Lipinski definition) is 1. The lowest BCUT2D eigenvalue weighted by Crippen LogP contribution is -2.16. The summed E-state index contributed by atoms with van der Waals surface area (Å²) in [5, 5.41) is 3.55. The first-order chi connectivity index (χ1) is 3.62. The van der Waals surface area contributed by atoms with Crippen molar-refractivity contribution < 1.29 is 0 Å². The molecule has 8 heavy (non-hydrogen) atoms. The molecule has 0 aliphatic carbocycles. The van der Waals surface area contributed by atoms with E-state index in [0.717, 1.165) is 4.43 Å². The summed E-state index contributed by atoms with van der Waals surface area (Å²) in [6.45, 7) is 3.80. The third-order valence-electron chi connectivity index (χ3n) is 0.642.